The molecular formula is C16H13ClN2O. The molecule has 20 heavy (non-hydrogen) atoms. The van der Waals surface area contributed by atoms with E-state index in [1.165, 1.54) is 0 Å². The molecule has 0 fully saturated rings. The van der Waals surface area contributed by atoms with Crippen molar-refractivity contribution in [3.05, 3.63) is 64.2 Å². The molecular weight excluding hydrogens is 272 g/mol. The SMILES string of the molecule is Cc1cc(C(=O)Nc2ccc(CC#N)cc2)ccc1Cl. The number of anilines is 1. The van der Waals surface area contributed by atoms with Gasteiger partial charge >= 0.3 is 0 Å². The second kappa shape index (κ2) is 6.23. The van der Waals surface area contributed by atoms with Crippen molar-refractivity contribution in [2.75, 3.05) is 5.32 Å². The fraction of sp³-hybridized carbons (Fsp3) is 0.125. The van der Waals surface area contributed by atoms with Gasteiger partial charge in [0.05, 0.1) is 12.5 Å². The minimum absolute atomic E-state index is 0.183. The van der Waals surface area contributed by atoms with Crippen LogP contribution in [0.15, 0.2) is 42.5 Å². The lowest BCUT2D eigenvalue weighted by molar-refractivity contribution is 0.102. The molecule has 0 saturated heterocycles. The van der Waals surface area contributed by atoms with Crippen LogP contribution in [-0.2, 0) is 6.42 Å². The minimum atomic E-state index is -0.183. The van der Waals surface area contributed by atoms with Crippen molar-refractivity contribution in [2.24, 2.45) is 0 Å². The molecule has 2 rings (SSSR count). The Morgan fingerprint density at radius 1 is 1.25 bits per heavy atom. The molecule has 1 N–H and O–H groups in total. The van der Waals surface area contributed by atoms with Gasteiger partial charge in [-0.2, -0.15) is 5.26 Å². The van der Waals surface area contributed by atoms with Gasteiger partial charge in [-0.3, -0.25) is 4.79 Å². The van der Waals surface area contributed by atoms with Crippen LogP contribution in [0.5, 0.6) is 0 Å². The maximum Gasteiger partial charge on any atom is 0.255 e. The Balaban J connectivity index is 2.11. The molecule has 2 aromatic carbocycles. The summed E-state index contributed by atoms with van der Waals surface area (Å²) in [6.45, 7) is 1.86. The van der Waals surface area contributed by atoms with E-state index in [1.54, 1.807) is 30.3 Å². The maximum absolute atomic E-state index is 12.1. The molecule has 0 aliphatic heterocycles. The number of nitriles is 1. The smallest absolute Gasteiger partial charge is 0.255 e. The summed E-state index contributed by atoms with van der Waals surface area (Å²) in [5.74, 6) is -0.183. The highest BCUT2D eigenvalue weighted by molar-refractivity contribution is 6.31. The molecule has 4 heteroatoms. The Morgan fingerprint density at radius 2 is 1.95 bits per heavy atom. The summed E-state index contributed by atoms with van der Waals surface area (Å²) in [6.07, 6.45) is 0.366. The molecule has 3 nitrogen and oxygen atoms in total. The van der Waals surface area contributed by atoms with Gasteiger partial charge < -0.3 is 5.32 Å². The van der Waals surface area contributed by atoms with Crippen LogP contribution in [0.3, 0.4) is 0 Å². The van der Waals surface area contributed by atoms with Crippen LogP contribution in [-0.4, -0.2) is 5.91 Å². The molecule has 0 saturated carbocycles. The number of amides is 1. The average molecular weight is 285 g/mol. The zero-order valence-electron chi connectivity index (χ0n) is 11.0. The highest BCUT2D eigenvalue weighted by Crippen LogP contribution is 2.17. The molecule has 0 unspecified atom stereocenters. The van der Waals surface area contributed by atoms with E-state index in [2.05, 4.69) is 11.4 Å². The van der Waals surface area contributed by atoms with Gasteiger partial charge in [-0.25, -0.2) is 0 Å². The van der Waals surface area contributed by atoms with E-state index in [0.29, 0.717) is 22.7 Å². The second-order valence-corrected chi connectivity index (χ2v) is 4.86. The summed E-state index contributed by atoms with van der Waals surface area (Å²) in [6, 6.07) is 14.5. The molecule has 0 heterocycles. The molecule has 1 amide bonds. The third-order valence-electron chi connectivity index (χ3n) is 2.92. The van der Waals surface area contributed by atoms with Crippen LogP contribution in [0.1, 0.15) is 21.5 Å². The van der Waals surface area contributed by atoms with Crippen LogP contribution in [0.25, 0.3) is 0 Å². The van der Waals surface area contributed by atoms with Crippen LogP contribution in [0.2, 0.25) is 5.02 Å². The summed E-state index contributed by atoms with van der Waals surface area (Å²) < 4.78 is 0. The molecule has 0 atom stereocenters. The summed E-state index contributed by atoms with van der Waals surface area (Å²) in [7, 11) is 0. The standard InChI is InChI=1S/C16H13ClN2O/c1-11-10-13(4-7-15(11)17)16(20)19-14-5-2-12(3-6-14)8-9-18/h2-7,10H,8H2,1H3,(H,19,20). The van der Waals surface area contributed by atoms with E-state index >= 15 is 0 Å². The first kappa shape index (κ1) is 14.1. The lowest BCUT2D eigenvalue weighted by Gasteiger charge is -2.07. The summed E-state index contributed by atoms with van der Waals surface area (Å²) in [5, 5.41) is 12.1. The normalized spacial score (nSPS) is 9.85. The van der Waals surface area contributed by atoms with Crippen molar-refractivity contribution in [1.82, 2.24) is 0 Å². The number of halogens is 1. The zero-order chi connectivity index (χ0) is 14.5. The Hall–Kier alpha value is -2.31. The molecule has 0 aliphatic carbocycles. The van der Waals surface area contributed by atoms with Gasteiger partial charge in [0.25, 0.3) is 5.91 Å². The average Bonchev–Trinajstić information content (AvgIpc) is 2.44. The van der Waals surface area contributed by atoms with Crippen LogP contribution >= 0.6 is 11.6 Å². The van der Waals surface area contributed by atoms with Gasteiger partial charge in [-0.1, -0.05) is 23.7 Å². The van der Waals surface area contributed by atoms with E-state index in [-0.39, 0.29) is 5.91 Å². The third-order valence-corrected chi connectivity index (χ3v) is 3.34. The van der Waals surface area contributed by atoms with E-state index in [4.69, 9.17) is 16.9 Å². The molecule has 2 aromatic rings. The summed E-state index contributed by atoms with van der Waals surface area (Å²) in [5.41, 5.74) is 3.05. The lowest BCUT2D eigenvalue weighted by Crippen LogP contribution is -2.12. The summed E-state index contributed by atoms with van der Waals surface area (Å²) in [4.78, 5) is 12.1. The fourth-order valence-corrected chi connectivity index (χ4v) is 1.90. The van der Waals surface area contributed by atoms with Crippen LogP contribution in [0, 0.1) is 18.3 Å². The van der Waals surface area contributed by atoms with Gasteiger partial charge in [0.1, 0.15) is 0 Å². The van der Waals surface area contributed by atoms with Crippen molar-refractivity contribution in [1.29, 1.82) is 5.26 Å². The van der Waals surface area contributed by atoms with Gasteiger partial charge in [0.15, 0.2) is 0 Å². The minimum Gasteiger partial charge on any atom is -0.322 e. The molecule has 0 radical (unpaired) electrons. The Labute approximate surface area is 122 Å². The Morgan fingerprint density at radius 3 is 2.55 bits per heavy atom. The predicted octanol–water partition coefficient (Wildman–Crippen LogP) is 3.97. The van der Waals surface area contributed by atoms with E-state index in [0.717, 1.165) is 11.1 Å². The molecule has 100 valence electrons. The van der Waals surface area contributed by atoms with Crippen LogP contribution in [0.4, 0.5) is 5.69 Å². The quantitative estimate of drug-likeness (QED) is 0.927. The van der Waals surface area contributed by atoms with Gasteiger partial charge in [-0.05, 0) is 48.4 Å². The number of hydrogen-bond donors (Lipinski definition) is 1. The predicted molar refractivity (Wildman–Crippen MR) is 79.9 cm³/mol. The largest absolute Gasteiger partial charge is 0.322 e. The van der Waals surface area contributed by atoms with E-state index < -0.39 is 0 Å². The number of benzene rings is 2. The number of nitrogens with zero attached hydrogens (tertiary/aromatic N) is 1. The molecule has 0 bridgehead atoms. The van der Waals surface area contributed by atoms with Gasteiger partial charge in [0, 0.05) is 16.3 Å². The molecule has 0 aliphatic rings. The fourth-order valence-electron chi connectivity index (χ4n) is 1.79. The van der Waals surface area contributed by atoms with Gasteiger partial charge in [0.2, 0.25) is 0 Å². The number of carbonyl (C=O) groups is 1. The highest BCUT2D eigenvalue weighted by atomic mass is 35.5. The highest BCUT2D eigenvalue weighted by Gasteiger charge is 2.07. The van der Waals surface area contributed by atoms with E-state index in [9.17, 15) is 4.79 Å². The molecule has 0 spiro atoms. The zero-order valence-corrected chi connectivity index (χ0v) is 11.7. The third kappa shape index (κ3) is 3.37. The number of rotatable bonds is 3. The van der Waals surface area contributed by atoms with Crippen LogP contribution < -0.4 is 5.32 Å². The topological polar surface area (TPSA) is 52.9 Å². The van der Waals surface area contributed by atoms with Crippen molar-refractivity contribution in [2.45, 2.75) is 13.3 Å². The Bertz CT molecular complexity index is 672. The first-order valence-electron chi connectivity index (χ1n) is 6.13. The lowest BCUT2D eigenvalue weighted by atomic mass is 10.1. The molecule has 0 aromatic heterocycles. The van der Waals surface area contributed by atoms with Crippen molar-refractivity contribution in [3.8, 4) is 6.07 Å². The summed E-state index contributed by atoms with van der Waals surface area (Å²) >= 11 is 5.93. The number of carbonyl (C=O) groups excluding carboxylic acids is 1. The first-order chi connectivity index (χ1) is 9.60. The van der Waals surface area contributed by atoms with Crippen molar-refractivity contribution < 1.29 is 4.79 Å². The van der Waals surface area contributed by atoms with E-state index in [1.807, 2.05) is 19.1 Å². The van der Waals surface area contributed by atoms with Crippen molar-refractivity contribution in [3.63, 3.8) is 0 Å². The number of aryl methyl sites for hydroxylation is 1. The Kier molecular flexibility index (Phi) is 4.39. The second-order valence-electron chi connectivity index (χ2n) is 4.45. The van der Waals surface area contributed by atoms with Crippen molar-refractivity contribution >= 4 is 23.2 Å². The number of nitrogens with one attached hydrogen (secondary N) is 1. The first-order valence-corrected chi connectivity index (χ1v) is 6.51. The number of hydrogen-bond acceptors (Lipinski definition) is 2. The monoisotopic (exact) mass is 284 g/mol. The maximum atomic E-state index is 12.1. The van der Waals surface area contributed by atoms with Gasteiger partial charge in [-0.15, -0.1) is 0 Å².